The molecule has 124 valence electrons. The van der Waals surface area contributed by atoms with Gasteiger partial charge in [-0.25, -0.2) is 0 Å². The number of pyridine rings is 1. The van der Waals surface area contributed by atoms with Crippen LogP contribution in [0.4, 0.5) is 0 Å². The van der Waals surface area contributed by atoms with E-state index >= 15 is 0 Å². The highest BCUT2D eigenvalue weighted by Gasteiger charge is 2.35. The number of para-hydroxylation sites is 1. The van der Waals surface area contributed by atoms with Gasteiger partial charge in [-0.3, -0.25) is 14.2 Å². The van der Waals surface area contributed by atoms with E-state index in [2.05, 4.69) is 10.2 Å². The quantitative estimate of drug-likeness (QED) is 0.935. The topological polar surface area (TPSA) is 54.3 Å². The summed E-state index contributed by atoms with van der Waals surface area (Å²) in [7, 11) is 0. The molecule has 4 heterocycles. The van der Waals surface area contributed by atoms with Crippen molar-refractivity contribution in [2.75, 3.05) is 19.6 Å². The van der Waals surface area contributed by atoms with Crippen molar-refractivity contribution in [3.63, 3.8) is 0 Å². The Labute approximate surface area is 140 Å². The molecule has 1 amide bonds. The molecular formula is C19H21N3O2. The first kappa shape index (κ1) is 15.1. The lowest BCUT2D eigenvalue weighted by atomic mass is 9.84. The van der Waals surface area contributed by atoms with Crippen LogP contribution in [0.15, 0.2) is 53.5 Å². The van der Waals surface area contributed by atoms with Crippen LogP contribution in [0.3, 0.4) is 0 Å². The zero-order valence-electron chi connectivity index (χ0n) is 13.5. The van der Waals surface area contributed by atoms with Gasteiger partial charge in [-0.1, -0.05) is 18.2 Å². The fraction of sp³-hybridized carbons (Fsp3) is 0.368. The number of aromatic nitrogens is 1. The Morgan fingerprint density at radius 2 is 1.79 bits per heavy atom. The predicted octanol–water partition coefficient (Wildman–Crippen LogP) is 1.66. The molecule has 24 heavy (non-hydrogen) atoms. The monoisotopic (exact) mass is 323 g/mol. The lowest BCUT2D eigenvalue weighted by Gasteiger charge is -2.44. The highest BCUT2D eigenvalue weighted by atomic mass is 16.2. The van der Waals surface area contributed by atoms with Crippen LogP contribution >= 0.6 is 0 Å². The molecule has 3 aliphatic rings. The normalized spacial score (nSPS) is 25.4. The number of piperidine rings is 3. The first-order chi connectivity index (χ1) is 11.7. The largest absolute Gasteiger partial charge is 0.348 e. The highest BCUT2D eigenvalue weighted by molar-refractivity contribution is 5.94. The smallest absolute Gasteiger partial charge is 0.267 e. The van der Waals surface area contributed by atoms with Crippen molar-refractivity contribution in [3.05, 3.63) is 64.6 Å². The van der Waals surface area contributed by atoms with Gasteiger partial charge in [-0.15, -0.1) is 0 Å². The lowest BCUT2D eigenvalue weighted by molar-refractivity contribution is 0.0619. The first-order valence-electron chi connectivity index (χ1n) is 8.53. The predicted molar refractivity (Wildman–Crippen MR) is 92.5 cm³/mol. The summed E-state index contributed by atoms with van der Waals surface area (Å²) < 4.78 is 1.52. The number of hydrogen-bond acceptors (Lipinski definition) is 3. The molecule has 2 aromatic rings. The molecule has 0 radical (unpaired) electrons. The number of carbonyl (C=O) groups is 1. The second kappa shape index (κ2) is 6.24. The minimum Gasteiger partial charge on any atom is -0.348 e. The van der Waals surface area contributed by atoms with Crippen molar-refractivity contribution in [2.24, 2.45) is 5.92 Å². The molecular weight excluding hydrogens is 302 g/mol. The fourth-order valence-corrected chi connectivity index (χ4v) is 3.83. The van der Waals surface area contributed by atoms with Crippen molar-refractivity contribution >= 4 is 5.91 Å². The molecule has 2 bridgehead atoms. The zero-order chi connectivity index (χ0) is 16.5. The summed E-state index contributed by atoms with van der Waals surface area (Å²) in [5.74, 6) is 0.281. The first-order valence-corrected chi connectivity index (χ1v) is 8.53. The minimum atomic E-state index is -0.275. The van der Waals surface area contributed by atoms with E-state index in [1.54, 1.807) is 18.3 Å². The standard InChI is InChI=1S/C19H21N3O2/c23-18(20-17-13-21-11-8-14(17)9-12-21)16-7-4-10-22(19(16)24)15-5-2-1-3-6-15/h1-7,10,14,17H,8-9,11-13H2,(H,20,23). The number of fused-ring (bicyclic) bond motifs is 3. The van der Waals surface area contributed by atoms with Crippen molar-refractivity contribution in [2.45, 2.75) is 18.9 Å². The Morgan fingerprint density at radius 3 is 2.46 bits per heavy atom. The molecule has 5 rings (SSSR count). The SMILES string of the molecule is O=C(NC1CN2CCC1CC2)c1cccn(-c2ccccc2)c1=O. The lowest BCUT2D eigenvalue weighted by Crippen LogP contribution is -2.57. The molecule has 1 aromatic carbocycles. The maximum Gasteiger partial charge on any atom is 0.267 e. The summed E-state index contributed by atoms with van der Waals surface area (Å²) >= 11 is 0. The van der Waals surface area contributed by atoms with Gasteiger partial charge in [0.25, 0.3) is 11.5 Å². The summed E-state index contributed by atoms with van der Waals surface area (Å²) in [6, 6.07) is 12.9. The van der Waals surface area contributed by atoms with Gasteiger partial charge in [0.2, 0.25) is 0 Å². The van der Waals surface area contributed by atoms with Crippen LogP contribution < -0.4 is 10.9 Å². The van der Waals surface area contributed by atoms with E-state index in [0.29, 0.717) is 5.92 Å². The van der Waals surface area contributed by atoms with Gasteiger partial charge in [0.15, 0.2) is 0 Å². The van der Waals surface area contributed by atoms with Gasteiger partial charge < -0.3 is 10.2 Å². The molecule has 3 saturated heterocycles. The van der Waals surface area contributed by atoms with Crippen LogP contribution in [0, 0.1) is 5.92 Å². The molecule has 3 fully saturated rings. The summed E-state index contributed by atoms with van der Waals surface area (Å²) in [5, 5.41) is 3.09. The summed E-state index contributed by atoms with van der Waals surface area (Å²) in [5.41, 5.74) is 0.695. The van der Waals surface area contributed by atoms with Gasteiger partial charge in [-0.2, -0.15) is 0 Å². The van der Waals surface area contributed by atoms with E-state index in [1.807, 2.05) is 30.3 Å². The second-order valence-corrected chi connectivity index (χ2v) is 6.65. The number of hydrogen-bond donors (Lipinski definition) is 1. The zero-order valence-corrected chi connectivity index (χ0v) is 13.5. The number of nitrogens with one attached hydrogen (secondary N) is 1. The van der Waals surface area contributed by atoms with Crippen molar-refractivity contribution in [3.8, 4) is 5.69 Å². The number of rotatable bonds is 3. The molecule has 1 aromatic heterocycles. The van der Waals surface area contributed by atoms with Crippen LogP contribution in [-0.2, 0) is 0 Å². The third-order valence-electron chi connectivity index (χ3n) is 5.20. The molecule has 5 nitrogen and oxygen atoms in total. The molecule has 0 spiro atoms. The van der Waals surface area contributed by atoms with Crippen LogP contribution in [0.2, 0.25) is 0 Å². The average Bonchev–Trinajstić information content (AvgIpc) is 2.63. The van der Waals surface area contributed by atoms with E-state index in [0.717, 1.165) is 38.2 Å². The van der Waals surface area contributed by atoms with Gasteiger partial charge in [0, 0.05) is 24.5 Å². The van der Waals surface area contributed by atoms with Gasteiger partial charge in [0.1, 0.15) is 5.56 Å². The van der Waals surface area contributed by atoms with Crippen LogP contribution in [-0.4, -0.2) is 41.1 Å². The van der Waals surface area contributed by atoms with E-state index in [4.69, 9.17) is 0 Å². The molecule has 0 aliphatic carbocycles. The van der Waals surface area contributed by atoms with E-state index in [9.17, 15) is 9.59 Å². The molecule has 0 saturated carbocycles. The highest BCUT2D eigenvalue weighted by Crippen LogP contribution is 2.27. The molecule has 1 unspecified atom stereocenters. The third-order valence-corrected chi connectivity index (χ3v) is 5.20. The number of carbonyl (C=O) groups excluding carboxylic acids is 1. The Balaban J connectivity index is 1.58. The van der Waals surface area contributed by atoms with Crippen LogP contribution in [0.25, 0.3) is 5.69 Å². The number of nitrogens with zero attached hydrogens (tertiary/aromatic N) is 2. The fourth-order valence-electron chi connectivity index (χ4n) is 3.83. The van der Waals surface area contributed by atoms with Gasteiger partial charge >= 0.3 is 0 Å². The van der Waals surface area contributed by atoms with Gasteiger partial charge in [-0.05, 0) is 56.1 Å². The van der Waals surface area contributed by atoms with Gasteiger partial charge in [0.05, 0.1) is 0 Å². The maximum absolute atomic E-state index is 12.7. The Morgan fingerprint density at radius 1 is 1.04 bits per heavy atom. The number of amides is 1. The van der Waals surface area contributed by atoms with Crippen molar-refractivity contribution in [1.29, 1.82) is 0 Å². The van der Waals surface area contributed by atoms with E-state index < -0.39 is 0 Å². The minimum absolute atomic E-state index is 0.157. The average molecular weight is 323 g/mol. The van der Waals surface area contributed by atoms with E-state index in [1.165, 1.54) is 4.57 Å². The Kier molecular flexibility index (Phi) is 3.94. The van der Waals surface area contributed by atoms with E-state index in [-0.39, 0.29) is 23.1 Å². The Bertz CT molecular complexity index is 792. The summed E-state index contributed by atoms with van der Waals surface area (Å²) in [6.07, 6.45) is 3.96. The van der Waals surface area contributed by atoms with Crippen LogP contribution in [0.5, 0.6) is 0 Å². The van der Waals surface area contributed by atoms with Crippen molar-refractivity contribution < 1.29 is 4.79 Å². The summed E-state index contributed by atoms with van der Waals surface area (Å²) in [4.78, 5) is 27.7. The van der Waals surface area contributed by atoms with Crippen molar-refractivity contribution in [1.82, 2.24) is 14.8 Å². The molecule has 5 heteroatoms. The maximum atomic E-state index is 12.7. The summed E-state index contributed by atoms with van der Waals surface area (Å²) in [6.45, 7) is 3.16. The Hall–Kier alpha value is -2.40. The molecule has 1 atom stereocenters. The second-order valence-electron chi connectivity index (χ2n) is 6.65. The number of benzene rings is 1. The molecule has 1 N–H and O–H groups in total. The van der Waals surface area contributed by atoms with Crippen LogP contribution in [0.1, 0.15) is 23.2 Å². The molecule has 3 aliphatic heterocycles. The third kappa shape index (κ3) is 2.76.